The molecule has 0 spiro atoms. The zero-order chi connectivity index (χ0) is 11.9. The highest BCUT2D eigenvalue weighted by Gasteiger charge is 2.23. The molecule has 0 atom stereocenters. The van der Waals surface area contributed by atoms with Crippen LogP contribution in [0.1, 0.15) is 5.56 Å². The Morgan fingerprint density at radius 1 is 1.25 bits per heavy atom. The van der Waals surface area contributed by atoms with Crippen LogP contribution in [0.25, 0.3) is 10.9 Å². The van der Waals surface area contributed by atoms with Crippen molar-refractivity contribution in [2.24, 2.45) is 7.05 Å². The van der Waals surface area contributed by atoms with Crippen molar-refractivity contribution in [2.45, 2.75) is 11.9 Å². The Hall–Kier alpha value is -1.33. The molecule has 86 valence electrons. The zero-order valence-corrected chi connectivity index (χ0v) is 10.2. The lowest BCUT2D eigenvalue weighted by Gasteiger charge is -2.04. The Morgan fingerprint density at radius 3 is 2.44 bits per heavy atom. The van der Waals surface area contributed by atoms with Crippen LogP contribution < -0.4 is 0 Å². The van der Waals surface area contributed by atoms with Gasteiger partial charge in [0.15, 0.2) is 5.03 Å². The zero-order valence-electron chi connectivity index (χ0n) is 9.39. The summed E-state index contributed by atoms with van der Waals surface area (Å²) in [4.78, 5) is 0. The van der Waals surface area contributed by atoms with Gasteiger partial charge in [0, 0.05) is 18.0 Å². The van der Waals surface area contributed by atoms with Crippen LogP contribution in [0.4, 0.5) is 0 Å². The first kappa shape index (κ1) is 11.2. The van der Waals surface area contributed by atoms with Crippen LogP contribution in [0.2, 0.25) is 0 Å². The minimum absolute atomic E-state index is 0.219. The number of benzene rings is 1. The van der Waals surface area contributed by atoms with Gasteiger partial charge in [-0.1, -0.05) is 18.2 Å². The molecule has 0 saturated carbocycles. The highest BCUT2D eigenvalue weighted by Crippen LogP contribution is 2.28. The number of para-hydroxylation sites is 1. The van der Waals surface area contributed by atoms with Gasteiger partial charge in [-0.3, -0.25) is 4.18 Å². The van der Waals surface area contributed by atoms with E-state index in [0.717, 1.165) is 16.5 Å². The third-order valence-corrected chi connectivity index (χ3v) is 4.24. The fourth-order valence-electron chi connectivity index (χ4n) is 1.99. The van der Waals surface area contributed by atoms with Gasteiger partial charge in [-0.25, -0.2) is 0 Å². The van der Waals surface area contributed by atoms with Gasteiger partial charge in [-0.2, -0.15) is 8.42 Å². The summed E-state index contributed by atoms with van der Waals surface area (Å²) in [5, 5.41) is 1.15. The van der Waals surface area contributed by atoms with Crippen LogP contribution in [0.3, 0.4) is 0 Å². The molecule has 0 N–H and O–H groups in total. The van der Waals surface area contributed by atoms with Gasteiger partial charge in [-0.15, -0.1) is 0 Å². The number of rotatable bonds is 2. The summed E-state index contributed by atoms with van der Waals surface area (Å²) in [7, 11) is -0.762. The summed E-state index contributed by atoms with van der Waals surface area (Å²) in [5.74, 6) is 0. The second-order valence-electron chi connectivity index (χ2n) is 3.63. The van der Waals surface area contributed by atoms with E-state index in [-0.39, 0.29) is 5.03 Å². The third-order valence-electron chi connectivity index (χ3n) is 2.75. The van der Waals surface area contributed by atoms with Gasteiger partial charge in [0.25, 0.3) is 0 Å². The average Bonchev–Trinajstić information content (AvgIpc) is 2.53. The molecular weight excluding hydrogens is 226 g/mol. The summed E-state index contributed by atoms with van der Waals surface area (Å²) in [5.41, 5.74) is 1.61. The molecule has 0 saturated heterocycles. The smallest absolute Gasteiger partial charge is 0.312 e. The molecule has 1 aromatic carbocycles. The lowest BCUT2D eigenvalue weighted by molar-refractivity contribution is 0.392. The van der Waals surface area contributed by atoms with E-state index in [1.54, 1.807) is 18.5 Å². The maximum Gasteiger partial charge on any atom is 0.312 e. The summed E-state index contributed by atoms with van der Waals surface area (Å²) in [6.45, 7) is 1.79. The van der Waals surface area contributed by atoms with Crippen LogP contribution in [-0.4, -0.2) is 20.1 Å². The molecule has 0 aliphatic rings. The van der Waals surface area contributed by atoms with Crippen molar-refractivity contribution < 1.29 is 12.6 Å². The molecule has 1 heterocycles. The van der Waals surface area contributed by atoms with E-state index < -0.39 is 10.1 Å². The minimum atomic E-state index is -3.66. The Bertz CT molecular complexity index is 602. The normalized spacial score (nSPS) is 12.2. The van der Waals surface area contributed by atoms with Crippen LogP contribution in [-0.2, 0) is 21.3 Å². The molecule has 0 amide bonds. The quantitative estimate of drug-likeness (QED) is 0.751. The van der Waals surface area contributed by atoms with Gasteiger partial charge in [0.05, 0.1) is 7.11 Å². The molecular formula is C11H13NO3S. The highest BCUT2D eigenvalue weighted by atomic mass is 32.2. The predicted molar refractivity (Wildman–Crippen MR) is 61.9 cm³/mol. The van der Waals surface area contributed by atoms with Crippen LogP contribution in [0.5, 0.6) is 0 Å². The minimum Gasteiger partial charge on any atom is -0.333 e. The second kappa shape index (κ2) is 3.61. The highest BCUT2D eigenvalue weighted by molar-refractivity contribution is 7.86. The number of aromatic nitrogens is 1. The van der Waals surface area contributed by atoms with E-state index in [2.05, 4.69) is 4.18 Å². The lowest BCUT2D eigenvalue weighted by atomic mass is 10.2. The first-order chi connectivity index (χ1) is 7.49. The van der Waals surface area contributed by atoms with Crippen LogP contribution in [0.15, 0.2) is 29.3 Å². The van der Waals surface area contributed by atoms with Gasteiger partial charge in [0.2, 0.25) is 0 Å². The first-order valence-corrected chi connectivity index (χ1v) is 6.24. The largest absolute Gasteiger partial charge is 0.333 e. The molecule has 0 bridgehead atoms. The molecule has 0 aliphatic carbocycles. The fraction of sp³-hybridized carbons (Fsp3) is 0.273. The molecule has 0 aliphatic heterocycles. The maximum absolute atomic E-state index is 11.8. The Morgan fingerprint density at radius 2 is 1.88 bits per heavy atom. The molecule has 0 fully saturated rings. The van der Waals surface area contributed by atoms with E-state index in [0.29, 0.717) is 0 Å². The van der Waals surface area contributed by atoms with E-state index in [9.17, 15) is 8.42 Å². The summed E-state index contributed by atoms with van der Waals surface area (Å²) < 4.78 is 29.7. The van der Waals surface area contributed by atoms with Crippen molar-refractivity contribution in [3.63, 3.8) is 0 Å². The summed E-state index contributed by atoms with van der Waals surface area (Å²) in [6, 6.07) is 7.56. The van der Waals surface area contributed by atoms with E-state index in [4.69, 9.17) is 0 Å². The fourth-order valence-corrected chi connectivity index (χ4v) is 3.07. The molecule has 0 radical (unpaired) electrons. The predicted octanol–water partition coefficient (Wildman–Crippen LogP) is 1.82. The Labute approximate surface area is 94.6 Å². The van der Waals surface area contributed by atoms with Crippen molar-refractivity contribution in [3.8, 4) is 0 Å². The third kappa shape index (κ3) is 1.44. The monoisotopic (exact) mass is 239 g/mol. The molecule has 2 rings (SSSR count). The van der Waals surface area contributed by atoms with Gasteiger partial charge >= 0.3 is 10.1 Å². The van der Waals surface area contributed by atoms with Crippen molar-refractivity contribution in [1.29, 1.82) is 0 Å². The van der Waals surface area contributed by atoms with Crippen LogP contribution >= 0.6 is 0 Å². The first-order valence-electron chi connectivity index (χ1n) is 4.83. The summed E-state index contributed by atoms with van der Waals surface area (Å²) >= 11 is 0. The molecule has 0 unspecified atom stereocenters. The van der Waals surface area contributed by atoms with E-state index >= 15 is 0 Å². The second-order valence-corrected chi connectivity index (χ2v) is 5.26. The van der Waals surface area contributed by atoms with Crippen molar-refractivity contribution in [2.75, 3.05) is 7.11 Å². The average molecular weight is 239 g/mol. The van der Waals surface area contributed by atoms with Gasteiger partial charge in [-0.05, 0) is 18.6 Å². The van der Waals surface area contributed by atoms with Gasteiger partial charge < -0.3 is 4.57 Å². The topological polar surface area (TPSA) is 48.3 Å². The molecule has 1 aromatic heterocycles. The molecule has 5 heteroatoms. The van der Waals surface area contributed by atoms with Crippen molar-refractivity contribution in [1.82, 2.24) is 4.57 Å². The number of aryl methyl sites for hydroxylation is 2. The Balaban J connectivity index is 2.92. The summed E-state index contributed by atoms with van der Waals surface area (Å²) in [6.07, 6.45) is 0. The molecule has 16 heavy (non-hydrogen) atoms. The van der Waals surface area contributed by atoms with E-state index in [1.165, 1.54) is 7.11 Å². The maximum atomic E-state index is 11.8. The van der Waals surface area contributed by atoms with E-state index in [1.807, 2.05) is 24.3 Å². The van der Waals surface area contributed by atoms with Crippen molar-refractivity contribution >= 4 is 21.0 Å². The molecule has 2 aromatic rings. The SMILES string of the molecule is COS(=O)(=O)c1c(C)c2ccccc2n1C. The molecule has 4 nitrogen and oxygen atoms in total. The number of nitrogens with zero attached hydrogens (tertiary/aromatic N) is 1. The lowest BCUT2D eigenvalue weighted by Crippen LogP contribution is -2.09. The number of hydrogen-bond donors (Lipinski definition) is 0. The Kier molecular flexibility index (Phi) is 2.52. The van der Waals surface area contributed by atoms with Crippen molar-refractivity contribution in [3.05, 3.63) is 29.8 Å². The van der Waals surface area contributed by atoms with Gasteiger partial charge in [0.1, 0.15) is 0 Å². The number of hydrogen-bond acceptors (Lipinski definition) is 3. The number of fused-ring (bicyclic) bond motifs is 1. The standard InChI is InChI=1S/C11H13NO3S/c1-8-9-6-4-5-7-10(9)12(2)11(8)16(13,14)15-3/h4-7H,1-3H3. The van der Waals surface area contributed by atoms with Crippen LogP contribution in [0, 0.1) is 6.92 Å².